The molecule has 44 heavy (non-hydrogen) atoms. The molecule has 2 aliphatic rings. The fourth-order valence-electron chi connectivity index (χ4n) is 5.75. The molecule has 0 amide bonds. The summed E-state index contributed by atoms with van der Waals surface area (Å²) in [6, 6.07) is 4.80. The van der Waals surface area contributed by atoms with E-state index in [4.69, 9.17) is 0 Å². The van der Waals surface area contributed by atoms with Crippen molar-refractivity contribution in [3.05, 3.63) is 70.8 Å². The highest BCUT2D eigenvalue weighted by Crippen LogP contribution is 2.32. The van der Waals surface area contributed by atoms with Gasteiger partial charge in [0.25, 0.3) is 0 Å². The monoisotopic (exact) mass is 609 g/mol. The van der Waals surface area contributed by atoms with Crippen molar-refractivity contribution in [2.24, 2.45) is 17.8 Å². The van der Waals surface area contributed by atoms with Crippen molar-refractivity contribution in [3.8, 4) is 12.3 Å². The van der Waals surface area contributed by atoms with Crippen LogP contribution in [0, 0.1) is 37.0 Å². The van der Waals surface area contributed by atoms with E-state index in [0.717, 1.165) is 17.8 Å². The zero-order chi connectivity index (χ0) is 34.9. The van der Waals surface area contributed by atoms with Gasteiger partial charge in [-0.05, 0) is 132 Å². The number of allylic oxidation sites excluding steroid dienone is 4. The molecule has 0 nitrogen and oxygen atoms in total. The molecule has 1 atom stereocenters. The smallest absolute Gasteiger partial charge is 0.00297 e. The number of hydrogen-bond donors (Lipinski definition) is 0. The summed E-state index contributed by atoms with van der Waals surface area (Å²) in [6.45, 7) is 36.8. The van der Waals surface area contributed by atoms with Gasteiger partial charge in [0.2, 0.25) is 0 Å². The molecule has 2 aliphatic carbocycles. The summed E-state index contributed by atoms with van der Waals surface area (Å²) < 4.78 is 0. The molecule has 0 aromatic heterocycles. The van der Waals surface area contributed by atoms with Crippen molar-refractivity contribution >= 4 is 0 Å². The summed E-state index contributed by atoms with van der Waals surface area (Å²) in [5.41, 5.74) is 9.46. The highest BCUT2D eigenvalue weighted by molar-refractivity contribution is 5.40. The van der Waals surface area contributed by atoms with Crippen LogP contribution in [0.3, 0.4) is 0 Å². The third kappa shape index (κ3) is 23.4. The Hall–Kier alpha value is -2.00. The minimum atomic E-state index is 0.764. The molecule has 0 bridgehead atoms. The van der Waals surface area contributed by atoms with Crippen LogP contribution >= 0.6 is 0 Å². The maximum atomic E-state index is 4.60. The van der Waals surface area contributed by atoms with E-state index in [2.05, 4.69) is 85.3 Å². The zero-order valence-corrected chi connectivity index (χ0v) is 32.7. The molecule has 3 rings (SSSR count). The van der Waals surface area contributed by atoms with Crippen molar-refractivity contribution in [1.82, 2.24) is 0 Å². The summed E-state index contributed by atoms with van der Waals surface area (Å²) in [4.78, 5) is 0. The Bertz CT molecular complexity index is 851. The normalized spacial score (nSPS) is 16.8. The first-order valence-corrected chi connectivity index (χ1v) is 18.6. The fraction of sp³-hybridized carbons (Fsp3) is 0.682. The maximum absolute atomic E-state index is 4.60. The van der Waals surface area contributed by atoms with Gasteiger partial charge in [0.1, 0.15) is 0 Å². The highest BCUT2D eigenvalue weighted by Gasteiger charge is 2.18. The van der Waals surface area contributed by atoms with Gasteiger partial charge in [0.05, 0.1) is 0 Å². The van der Waals surface area contributed by atoms with Gasteiger partial charge < -0.3 is 0 Å². The van der Waals surface area contributed by atoms with Crippen molar-refractivity contribution in [3.63, 3.8) is 0 Å². The van der Waals surface area contributed by atoms with Gasteiger partial charge in [-0.2, -0.15) is 0 Å². The SMILES string of the molecule is C#CC.C=C(C)C1CCC(C)CC1.C=CC.CC.CC.CC.CCCc1ccc(CCC(C)C2=CCCCC2)c(C)c1CC. The van der Waals surface area contributed by atoms with E-state index >= 15 is 0 Å². The van der Waals surface area contributed by atoms with Crippen LogP contribution in [0.4, 0.5) is 0 Å². The number of rotatable bonds is 8. The first kappa shape index (κ1) is 48.9. The summed E-state index contributed by atoms with van der Waals surface area (Å²) in [7, 11) is 0. The van der Waals surface area contributed by atoms with Gasteiger partial charge in [-0.3, -0.25) is 0 Å². The number of aryl methyl sites for hydroxylation is 2. The highest BCUT2D eigenvalue weighted by atomic mass is 14.2. The Morgan fingerprint density at radius 3 is 1.89 bits per heavy atom. The van der Waals surface area contributed by atoms with Gasteiger partial charge in [0.15, 0.2) is 0 Å². The Labute approximate surface area is 280 Å². The Morgan fingerprint density at radius 1 is 0.977 bits per heavy atom. The van der Waals surface area contributed by atoms with E-state index < -0.39 is 0 Å². The fourth-order valence-corrected chi connectivity index (χ4v) is 5.75. The van der Waals surface area contributed by atoms with Gasteiger partial charge in [-0.15, -0.1) is 18.9 Å². The largest absolute Gasteiger partial charge is 0.120 e. The summed E-state index contributed by atoms with van der Waals surface area (Å²) in [6.07, 6.45) is 26.1. The molecule has 1 unspecified atom stereocenters. The lowest BCUT2D eigenvalue weighted by atomic mass is 9.80. The van der Waals surface area contributed by atoms with Crippen LogP contribution in [0.5, 0.6) is 0 Å². The minimum Gasteiger partial charge on any atom is -0.120 e. The summed E-state index contributed by atoms with van der Waals surface area (Å²) in [5, 5.41) is 0. The molecule has 0 heterocycles. The molecular formula is C44H80. The van der Waals surface area contributed by atoms with E-state index in [9.17, 15) is 0 Å². The molecule has 0 radical (unpaired) electrons. The maximum Gasteiger partial charge on any atom is -0.00297 e. The zero-order valence-electron chi connectivity index (χ0n) is 32.7. The van der Waals surface area contributed by atoms with Crippen LogP contribution in [-0.4, -0.2) is 0 Å². The lowest BCUT2D eigenvalue weighted by Gasteiger charge is -2.26. The Kier molecular flexibility index (Phi) is 39.4. The van der Waals surface area contributed by atoms with Gasteiger partial charge >= 0.3 is 0 Å². The Balaban J connectivity index is -0.000000302. The molecule has 0 N–H and O–H groups in total. The molecule has 1 aromatic carbocycles. The quantitative estimate of drug-likeness (QED) is 0.203. The number of hydrogen-bond acceptors (Lipinski definition) is 0. The van der Waals surface area contributed by atoms with E-state index in [0.29, 0.717) is 0 Å². The lowest BCUT2D eigenvalue weighted by molar-refractivity contribution is 0.321. The second kappa shape index (κ2) is 35.5. The average molecular weight is 609 g/mol. The summed E-state index contributed by atoms with van der Waals surface area (Å²) >= 11 is 0. The molecule has 0 spiro atoms. The molecule has 256 valence electrons. The van der Waals surface area contributed by atoms with Gasteiger partial charge in [0, 0.05) is 0 Å². The van der Waals surface area contributed by atoms with Crippen molar-refractivity contribution in [2.75, 3.05) is 0 Å². The van der Waals surface area contributed by atoms with E-state index in [1.54, 1.807) is 40.8 Å². The number of terminal acetylenes is 1. The van der Waals surface area contributed by atoms with Crippen molar-refractivity contribution in [1.29, 1.82) is 0 Å². The van der Waals surface area contributed by atoms with Crippen molar-refractivity contribution in [2.45, 2.75) is 180 Å². The second-order valence-corrected chi connectivity index (χ2v) is 11.6. The van der Waals surface area contributed by atoms with E-state index in [-0.39, 0.29) is 0 Å². The lowest BCUT2D eigenvalue weighted by Crippen LogP contribution is -2.12. The van der Waals surface area contributed by atoms with Crippen LogP contribution in [0.15, 0.2) is 48.6 Å². The van der Waals surface area contributed by atoms with Crippen LogP contribution in [0.2, 0.25) is 0 Å². The van der Waals surface area contributed by atoms with Gasteiger partial charge in [-0.1, -0.05) is 131 Å². The standard InChI is InChI=1S/C22H34.C10H18.C3H6.C3H4.3C2H6/c1-5-10-21-16-15-20(18(4)22(21)6-2)14-13-17(3)19-11-8-7-9-12-19;1-8(2)10-6-4-9(3)5-7-10;2*1-3-2;3*1-2/h11,15-17H,5-10,12-14H2,1-4H3;9-10H,1,4-7H2,2-3H3;3H,1H2,2H3;1H,2H3;3*1-2H3. The molecule has 0 aliphatic heterocycles. The summed E-state index contributed by atoms with van der Waals surface area (Å²) in [5.74, 6) is 4.83. The molecule has 1 aromatic rings. The topological polar surface area (TPSA) is 0 Å². The van der Waals surface area contributed by atoms with E-state index in [1.165, 1.54) is 89.0 Å². The van der Waals surface area contributed by atoms with Crippen LogP contribution < -0.4 is 0 Å². The van der Waals surface area contributed by atoms with Crippen LogP contribution in [0.25, 0.3) is 0 Å². The number of benzene rings is 1. The van der Waals surface area contributed by atoms with Crippen molar-refractivity contribution < 1.29 is 0 Å². The minimum absolute atomic E-state index is 0.764. The average Bonchev–Trinajstić information content (AvgIpc) is 3.05. The molecule has 0 heteroatoms. The van der Waals surface area contributed by atoms with Gasteiger partial charge in [-0.25, -0.2) is 0 Å². The van der Waals surface area contributed by atoms with Crippen LogP contribution in [0.1, 0.15) is 176 Å². The van der Waals surface area contributed by atoms with Crippen LogP contribution in [-0.2, 0) is 19.3 Å². The third-order valence-corrected chi connectivity index (χ3v) is 8.20. The predicted octanol–water partition coefficient (Wildman–Crippen LogP) is 14.9. The van der Waals surface area contributed by atoms with E-state index in [1.807, 2.05) is 48.5 Å². The third-order valence-electron chi connectivity index (χ3n) is 8.20. The first-order valence-electron chi connectivity index (χ1n) is 18.6. The molecule has 0 saturated heterocycles. The second-order valence-electron chi connectivity index (χ2n) is 11.6. The Morgan fingerprint density at radius 2 is 1.48 bits per heavy atom. The predicted molar refractivity (Wildman–Crippen MR) is 209 cm³/mol. The molecular weight excluding hydrogens is 528 g/mol. The molecule has 1 saturated carbocycles. The molecule has 1 fully saturated rings. The first-order chi connectivity index (χ1) is 21.2.